The van der Waals surface area contributed by atoms with Gasteiger partial charge in [0.1, 0.15) is 16.9 Å². The van der Waals surface area contributed by atoms with Crippen LogP contribution in [0.5, 0.6) is 0 Å². The van der Waals surface area contributed by atoms with Gasteiger partial charge in [-0.15, -0.1) is 10.2 Å². The molecular weight excluding hydrogens is 437 g/mol. The number of aromatic nitrogens is 2. The summed E-state index contributed by atoms with van der Waals surface area (Å²) in [5.41, 5.74) is 0.588. The van der Waals surface area contributed by atoms with Crippen LogP contribution in [-0.4, -0.2) is 62.6 Å². The van der Waals surface area contributed by atoms with Crippen LogP contribution in [0.4, 0.5) is 14.9 Å². The summed E-state index contributed by atoms with van der Waals surface area (Å²) in [6.07, 6.45) is -0.658. The molecule has 2 amide bonds. The fourth-order valence-corrected chi connectivity index (χ4v) is 3.93. The molecule has 10 nitrogen and oxygen atoms in total. The van der Waals surface area contributed by atoms with E-state index in [0.717, 1.165) is 0 Å². The Bertz CT molecular complexity index is 956. The third kappa shape index (κ3) is 5.78. The Morgan fingerprint density at radius 3 is 2.97 bits per heavy atom. The largest absolute Gasteiger partial charge is 0.771 e. The fourth-order valence-electron chi connectivity index (χ4n) is 2.76. The normalized spacial score (nSPS) is 17.1. The molecule has 2 unspecified atom stereocenters. The smallest absolute Gasteiger partial charge is 0.414 e. The molecule has 1 aliphatic heterocycles. The number of hydrogen-bond donors (Lipinski definition) is 2. The summed E-state index contributed by atoms with van der Waals surface area (Å²) in [6.45, 7) is 2.15. The van der Waals surface area contributed by atoms with Crippen molar-refractivity contribution >= 4 is 40.1 Å². The van der Waals surface area contributed by atoms with Crippen LogP contribution in [0.2, 0.25) is 0 Å². The lowest BCUT2D eigenvalue weighted by molar-refractivity contribution is -0.119. The van der Waals surface area contributed by atoms with Gasteiger partial charge in [0.25, 0.3) is 0 Å². The van der Waals surface area contributed by atoms with Crippen LogP contribution in [0.15, 0.2) is 18.2 Å². The summed E-state index contributed by atoms with van der Waals surface area (Å²) in [5, 5.41) is 14.3. The Morgan fingerprint density at radius 1 is 1.47 bits per heavy atom. The first-order valence-corrected chi connectivity index (χ1v) is 11.0. The van der Waals surface area contributed by atoms with Crippen molar-refractivity contribution in [1.29, 1.82) is 0 Å². The minimum Gasteiger partial charge on any atom is -0.771 e. The molecule has 0 radical (unpaired) electrons. The Balaban J connectivity index is 1.64. The van der Waals surface area contributed by atoms with Gasteiger partial charge in [0.05, 0.1) is 24.7 Å². The van der Waals surface area contributed by atoms with Crippen molar-refractivity contribution in [2.45, 2.75) is 19.4 Å². The molecular formula is C17H19FN5O5S2-. The predicted molar refractivity (Wildman–Crippen MR) is 107 cm³/mol. The molecule has 1 fully saturated rings. The Labute approximate surface area is 178 Å². The highest BCUT2D eigenvalue weighted by molar-refractivity contribution is 7.79. The number of ether oxygens (including phenoxy) is 1. The Hall–Kier alpha value is -2.48. The average Bonchev–Trinajstić information content (AvgIpc) is 3.30. The highest BCUT2D eigenvalue weighted by Crippen LogP contribution is 2.30. The van der Waals surface area contributed by atoms with Crippen molar-refractivity contribution in [1.82, 2.24) is 20.8 Å². The predicted octanol–water partition coefficient (Wildman–Crippen LogP) is 0.774. The zero-order valence-corrected chi connectivity index (χ0v) is 17.6. The SMILES string of the molecule is CC(=O)NCC1CN(c2ccc(-c3nnc(CCNCS(=O)[O-])s3)c(F)c2)C(=O)O1. The molecule has 30 heavy (non-hydrogen) atoms. The number of nitrogens with zero attached hydrogens (tertiary/aromatic N) is 3. The standard InChI is InChI=1S/C17H20FN5O5S2/c1-10(24)20-7-12-8-23(17(25)28-12)11-2-3-13(14(18)6-11)16-22-21-15(29-16)4-5-19-9-30(26)27/h2-3,6,12,19H,4-5,7-9H2,1H3,(H,20,24)(H,26,27)/p-1. The molecule has 13 heteroatoms. The molecule has 3 rings (SSSR count). The summed E-state index contributed by atoms with van der Waals surface area (Å²) in [7, 11) is 0. The molecule has 2 N–H and O–H groups in total. The Kier molecular flexibility index (Phi) is 7.42. The summed E-state index contributed by atoms with van der Waals surface area (Å²) in [6, 6.07) is 4.33. The van der Waals surface area contributed by atoms with Gasteiger partial charge < -0.3 is 19.9 Å². The van der Waals surface area contributed by atoms with Crippen LogP contribution in [0.1, 0.15) is 11.9 Å². The van der Waals surface area contributed by atoms with E-state index < -0.39 is 29.1 Å². The van der Waals surface area contributed by atoms with Gasteiger partial charge in [-0.1, -0.05) is 11.3 Å². The van der Waals surface area contributed by atoms with E-state index in [2.05, 4.69) is 20.8 Å². The van der Waals surface area contributed by atoms with E-state index in [1.165, 1.54) is 35.3 Å². The quantitative estimate of drug-likeness (QED) is 0.417. The van der Waals surface area contributed by atoms with E-state index in [0.29, 0.717) is 28.7 Å². The number of benzene rings is 1. The van der Waals surface area contributed by atoms with Crippen LogP contribution in [0, 0.1) is 5.82 Å². The second kappa shape index (κ2) is 10.0. The summed E-state index contributed by atoms with van der Waals surface area (Å²) >= 11 is -0.956. The summed E-state index contributed by atoms with van der Waals surface area (Å²) < 4.78 is 40.8. The molecule has 2 atom stereocenters. The first kappa shape index (κ1) is 22.2. The second-order valence-corrected chi connectivity index (χ2v) is 8.37. The van der Waals surface area contributed by atoms with Crippen molar-refractivity contribution in [2.24, 2.45) is 0 Å². The third-order valence-electron chi connectivity index (χ3n) is 4.15. The maximum atomic E-state index is 14.7. The van der Waals surface area contributed by atoms with Gasteiger partial charge in [-0.3, -0.25) is 13.9 Å². The van der Waals surface area contributed by atoms with Gasteiger partial charge in [-0.2, -0.15) is 0 Å². The summed E-state index contributed by atoms with van der Waals surface area (Å²) in [5.74, 6) is -0.938. The molecule has 0 saturated carbocycles. The number of nitrogens with one attached hydrogen (secondary N) is 2. The van der Waals surface area contributed by atoms with Crippen LogP contribution < -0.4 is 15.5 Å². The van der Waals surface area contributed by atoms with E-state index in [1.54, 1.807) is 6.07 Å². The molecule has 0 bridgehead atoms. The monoisotopic (exact) mass is 456 g/mol. The molecule has 1 aromatic carbocycles. The highest BCUT2D eigenvalue weighted by Gasteiger charge is 2.32. The molecule has 162 valence electrons. The number of carbonyl (C=O) groups excluding carboxylic acids is 2. The van der Waals surface area contributed by atoms with E-state index in [4.69, 9.17) is 4.74 Å². The van der Waals surface area contributed by atoms with Crippen molar-refractivity contribution < 1.29 is 27.5 Å². The van der Waals surface area contributed by atoms with Gasteiger partial charge in [-0.05, 0) is 29.3 Å². The van der Waals surface area contributed by atoms with Gasteiger partial charge >= 0.3 is 6.09 Å². The van der Waals surface area contributed by atoms with Crippen LogP contribution in [0.25, 0.3) is 10.6 Å². The zero-order valence-electron chi connectivity index (χ0n) is 15.9. The van der Waals surface area contributed by atoms with Gasteiger partial charge in [0.2, 0.25) is 5.91 Å². The molecule has 0 spiro atoms. The first-order valence-electron chi connectivity index (χ1n) is 8.95. The molecule has 2 heterocycles. The fraction of sp³-hybridized carbons (Fsp3) is 0.412. The topological polar surface area (TPSA) is 137 Å². The number of halogens is 1. The number of hydrogen-bond acceptors (Lipinski definition) is 9. The number of amides is 2. The van der Waals surface area contributed by atoms with Crippen LogP contribution >= 0.6 is 11.3 Å². The lowest BCUT2D eigenvalue weighted by atomic mass is 10.2. The van der Waals surface area contributed by atoms with E-state index in [-0.39, 0.29) is 30.4 Å². The number of carbonyl (C=O) groups is 2. The van der Waals surface area contributed by atoms with E-state index in [1.807, 2.05) is 0 Å². The third-order valence-corrected chi connectivity index (χ3v) is 5.61. The maximum absolute atomic E-state index is 14.7. The number of cyclic esters (lactones) is 1. The average molecular weight is 457 g/mol. The van der Waals surface area contributed by atoms with Crippen molar-refractivity contribution in [3.8, 4) is 10.6 Å². The van der Waals surface area contributed by atoms with Crippen molar-refractivity contribution in [2.75, 3.05) is 30.4 Å². The second-order valence-electron chi connectivity index (χ2n) is 6.42. The van der Waals surface area contributed by atoms with Crippen molar-refractivity contribution in [3.05, 3.63) is 29.0 Å². The first-order chi connectivity index (χ1) is 14.3. The Morgan fingerprint density at radius 2 is 2.27 bits per heavy atom. The van der Waals surface area contributed by atoms with E-state index in [9.17, 15) is 22.7 Å². The molecule has 2 aromatic rings. The van der Waals surface area contributed by atoms with Crippen molar-refractivity contribution in [3.63, 3.8) is 0 Å². The lowest BCUT2D eigenvalue weighted by Crippen LogP contribution is -2.33. The van der Waals surface area contributed by atoms with Gasteiger partial charge in [-0.25, -0.2) is 9.18 Å². The molecule has 1 aromatic heterocycles. The highest BCUT2D eigenvalue weighted by atomic mass is 32.2. The van der Waals surface area contributed by atoms with Crippen LogP contribution in [0.3, 0.4) is 0 Å². The van der Waals surface area contributed by atoms with Gasteiger partial charge in [0.15, 0.2) is 5.01 Å². The summed E-state index contributed by atoms with van der Waals surface area (Å²) in [4.78, 5) is 24.4. The van der Waals surface area contributed by atoms with Crippen LogP contribution in [-0.2, 0) is 27.0 Å². The number of rotatable bonds is 9. The van der Waals surface area contributed by atoms with Gasteiger partial charge in [0, 0.05) is 25.5 Å². The van der Waals surface area contributed by atoms with E-state index >= 15 is 0 Å². The zero-order chi connectivity index (χ0) is 21.7. The number of anilines is 1. The minimum absolute atomic E-state index is 0.146. The molecule has 0 aliphatic carbocycles. The minimum atomic E-state index is -2.16. The lowest BCUT2D eigenvalue weighted by Gasteiger charge is -2.14. The molecule has 1 aliphatic rings. The maximum Gasteiger partial charge on any atom is 0.414 e. The molecule has 1 saturated heterocycles.